The van der Waals surface area contributed by atoms with Crippen molar-refractivity contribution in [3.05, 3.63) is 23.3 Å². The molecule has 0 amide bonds. The Kier molecular flexibility index (Phi) is 7.09. The predicted molar refractivity (Wildman–Crippen MR) is 122 cm³/mol. The molecule has 33 heavy (non-hydrogen) atoms. The molecule has 0 radical (unpaired) electrons. The number of alkyl halides is 3. The minimum Gasteiger partial charge on any atom is -0.393 e. The molecular weight excluding hydrogens is 431 g/mol. The van der Waals surface area contributed by atoms with E-state index >= 15 is 0 Å². The highest BCUT2D eigenvalue weighted by Crippen LogP contribution is 2.59. The zero-order valence-electron chi connectivity index (χ0n) is 20.2. The lowest BCUT2D eigenvalue weighted by molar-refractivity contribution is -0.311. The lowest BCUT2D eigenvalue weighted by Gasteiger charge is -2.51. The van der Waals surface area contributed by atoms with Crippen molar-refractivity contribution in [2.75, 3.05) is 26.7 Å². The molecule has 4 aliphatic rings. The number of halogens is 3. The molecule has 0 spiro atoms. The van der Waals surface area contributed by atoms with E-state index in [1.165, 1.54) is 12.0 Å². The molecule has 1 heterocycles. The van der Waals surface area contributed by atoms with Gasteiger partial charge in [-0.1, -0.05) is 37.1 Å². The average Bonchev–Trinajstić information content (AvgIpc) is 3.04. The smallest absolute Gasteiger partial charge is 0.393 e. The number of aliphatic hydroxyl groups excluding tert-OH is 2. The van der Waals surface area contributed by atoms with E-state index in [1.54, 1.807) is 0 Å². The van der Waals surface area contributed by atoms with E-state index in [0.717, 1.165) is 38.4 Å². The fourth-order valence-corrected chi connectivity index (χ4v) is 7.51. The van der Waals surface area contributed by atoms with Gasteiger partial charge in [-0.05, 0) is 74.5 Å². The van der Waals surface area contributed by atoms with E-state index < -0.39 is 24.0 Å². The second kappa shape index (κ2) is 9.29. The van der Waals surface area contributed by atoms with Crippen LogP contribution < -0.4 is 0 Å². The molecular formula is C26H40F3NO3. The van der Waals surface area contributed by atoms with Gasteiger partial charge in [0.25, 0.3) is 0 Å². The molecule has 4 rings (SSSR count). The summed E-state index contributed by atoms with van der Waals surface area (Å²) in [5.41, 5.74) is 0.775. The van der Waals surface area contributed by atoms with Crippen LogP contribution in [0.25, 0.3) is 0 Å². The third-order valence-corrected chi connectivity index (χ3v) is 9.21. The first-order valence-electron chi connectivity index (χ1n) is 12.6. The van der Waals surface area contributed by atoms with Gasteiger partial charge in [0, 0.05) is 26.7 Å². The molecule has 1 saturated heterocycles. The van der Waals surface area contributed by atoms with E-state index in [0.29, 0.717) is 43.6 Å². The summed E-state index contributed by atoms with van der Waals surface area (Å²) in [5.74, 6) is 1.35. The molecule has 7 heteroatoms. The standard InChI is InChI=1S/C26H40F3NO3/c1-17(14-30-15-25(16-30,33-3)26(27,28)29)22-8-9-23-19(5-4-10-24(22,23)2)7-6-18-11-20(31)13-21(32)12-18/h6-7,17,20-23,31-32H,4-5,8-16H2,1-3H3/b19-7+/t17?,20-,21-,22-,23+,24-/m1/s1. The lowest BCUT2D eigenvalue weighted by Crippen LogP contribution is -2.70. The normalized spacial score (nSPS) is 39.3. The molecule has 0 aromatic heterocycles. The monoisotopic (exact) mass is 471 g/mol. The second-order valence-corrected chi connectivity index (χ2v) is 11.5. The third-order valence-electron chi connectivity index (χ3n) is 9.21. The number of methoxy groups -OCH3 is 1. The number of fused-ring (bicyclic) bond motifs is 1. The van der Waals surface area contributed by atoms with Gasteiger partial charge in [-0.25, -0.2) is 0 Å². The van der Waals surface area contributed by atoms with E-state index in [2.05, 4.69) is 26.0 Å². The predicted octanol–water partition coefficient (Wildman–Crippen LogP) is 4.86. The molecule has 0 bridgehead atoms. The van der Waals surface area contributed by atoms with Crippen molar-refractivity contribution < 1.29 is 28.1 Å². The fraction of sp³-hybridized carbons (Fsp3) is 0.846. The van der Waals surface area contributed by atoms with E-state index in [4.69, 9.17) is 4.74 Å². The quantitative estimate of drug-likeness (QED) is 0.601. The summed E-state index contributed by atoms with van der Waals surface area (Å²) >= 11 is 0. The molecule has 1 unspecified atom stereocenters. The van der Waals surface area contributed by atoms with Crippen LogP contribution in [0.15, 0.2) is 23.3 Å². The first-order valence-corrected chi connectivity index (χ1v) is 12.6. The summed E-state index contributed by atoms with van der Waals surface area (Å²) in [6.45, 7) is 5.16. The van der Waals surface area contributed by atoms with Crippen molar-refractivity contribution in [1.29, 1.82) is 0 Å². The molecule has 4 nitrogen and oxygen atoms in total. The molecule has 2 N–H and O–H groups in total. The highest BCUT2D eigenvalue weighted by atomic mass is 19.4. The topological polar surface area (TPSA) is 52.9 Å². The number of hydrogen-bond donors (Lipinski definition) is 2. The Labute approximate surface area is 195 Å². The van der Waals surface area contributed by atoms with Gasteiger partial charge >= 0.3 is 6.18 Å². The Hall–Kier alpha value is -0.890. The minimum atomic E-state index is -4.33. The van der Waals surface area contributed by atoms with Crippen molar-refractivity contribution in [2.24, 2.45) is 23.2 Å². The van der Waals surface area contributed by atoms with Crippen LogP contribution in [0.1, 0.15) is 65.2 Å². The first kappa shape index (κ1) is 25.2. The van der Waals surface area contributed by atoms with Gasteiger partial charge in [0.1, 0.15) is 0 Å². The number of rotatable bonds is 5. The molecule has 188 valence electrons. The van der Waals surface area contributed by atoms with Gasteiger partial charge in [0.05, 0.1) is 12.2 Å². The van der Waals surface area contributed by atoms with Crippen LogP contribution in [0.3, 0.4) is 0 Å². The molecule has 6 atom stereocenters. The Bertz CT molecular complexity index is 761. The maximum absolute atomic E-state index is 13.4. The summed E-state index contributed by atoms with van der Waals surface area (Å²) in [6, 6.07) is 0. The molecule has 3 saturated carbocycles. The summed E-state index contributed by atoms with van der Waals surface area (Å²) < 4.78 is 44.9. The van der Waals surface area contributed by atoms with Gasteiger partial charge in [-0.2, -0.15) is 13.2 Å². The van der Waals surface area contributed by atoms with Crippen molar-refractivity contribution in [1.82, 2.24) is 4.90 Å². The van der Waals surface area contributed by atoms with Gasteiger partial charge in [-0.15, -0.1) is 0 Å². The number of ether oxygens (including phenoxy) is 1. The Morgan fingerprint density at radius 3 is 2.42 bits per heavy atom. The van der Waals surface area contributed by atoms with Gasteiger partial charge < -0.3 is 14.9 Å². The average molecular weight is 472 g/mol. The van der Waals surface area contributed by atoms with Crippen molar-refractivity contribution >= 4 is 0 Å². The van der Waals surface area contributed by atoms with Gasteiger partial charge in [-0.3, -0.25) is 4.90 Å². The summed E-state index contributed by atoms with van der Waals surface area (Å²) in [5, 5.41) is 19.9. The van der Waals surface area contributed by atoms with Crippen LogP contribution in [0.2, 0.25) is 0 Å². The fourth-order valence-electron chi connectivity index (χ4n) is 7.51. The third kappa shape index (κ3) is 4.80. The molecule has 0 aromatic carbocycles. The van der Waals surface area contributed by atoms with E-state index in [-0.39, 0.29) is 18.5 Å². The largest absolute Gasteiger partial charge is 0.419 e. The van der Waals surface area contributed by atoms with Crippen LogP contribution >= 0.6 is 0 Å². The molecule has 3 aliphatic carbocycles. The summed E-state index contributed by atoms with van der Waals surface area (Å²) in [6.07, 6.45) is 6.53. The number of allylic oxidation sites excluding steroid dienone is 3. The second-order valence-electron chi connectivity index (χ2n) is 11.5. The Balaban J connectivity index is 1.40. The number of hydrogen-bond acceptors (Lipinski definition) is 4. The Morgan fingerprint density at radius 1 is 1.15 bits per heavy atom. The zero-order valence-corrected chi connectivity index (χ0v) is 20.2. The maximum Gasteiger partial charge on any atom is 0.419 e. The molecule has 4 fully saturated rings. The number of aliphatic hydroxyl groups is 2. The highest BCUT2D eigenvalue weighted by molar-refractivity contribution is 5.26. The first-order chi connectivity index (χ1) is 15.5. The van der Waals surface area contributed by atoms with Crippen LogP contribution in [0, 0.1) is 23.2 Å². The van der Waals surface area contributed by atoms with Crippen molar-refractivity contribution in [3.63, 3.8) is 0 Å². The number of likely N-dealkylation sites (tertiary alicyclic amines) is 1. The Morgan fingerprint density at radius 2 is 1.82 bits per heavy atom. The SMILES string of the molecule is COC1(C(F)(F)F)CN(CC(C)[C@H]2CC[C@H]3/C(=C/C=C4C[C@@H](O)C[C@H](O)C4)CCC[C@]23C)C1. The van der Waals surface area contributed by atoms with Crippen molar-refractivity contribution in [2.45, 2.75) is 89.2 Å². The maximum atomic E-state index is 13.4. The highest BCUT2D eigenvalue weighted by Gasteiger charge is 2.63. The molecule has 0 aromatic rings. The van der Waals surface area contributed by atoms with Crippen molar-refractivity contribution in [3.8, 4) is 0 Å². The number of nitrogens with zero attached hydrogens (tertiary/aromatic N) is 1. The van der Waals surface area contributed by atoms with Gasteiger partial charge in [0.2, 0.25) is 0 Å². The zero-order chi connectivity index (χ0) is 24.0. The van der Waals surface area contributed by atoms with E-state index in [9.17, 15) is 23.4 Å². The summed E-state index contributed by atoms with van der Waals surface area (Å²) in [4.78, 5) is 1.90. The molecule has 1 aliphatic heterocycles. The van der Waals surface area contributed by atoms with Crippen LogP contribution in [0.4, 0.5) is 13.2 Å². The lowest BCUT2D eigenvalue weighted by atomic mass is 9.61. The minimum absolute atomic E-state index is 0.0688. The van der Waals surface area contributed by atoms with Crippen LogP contribution in [-0.2, 0) is 4.74 Å². The van der Waals surface area contributed by atoms with E-state index in [1.807, 2.05) is 4.90 Å². The van der Waals surface area contributed by atoms with Gasteiger partial charge in [0.15, 0.2) is 5.60 Å². The van der Waals surface area contributed by atoms with Crippen LogP contribution in [0.5, 0.6) is 0 Å². The summed E-state index contributed by atoms with van der Waals surface area (Å²) in [7, 11) is 1.16. The van der Waals surface area contributed by atoms with Crippen LogP contribution in [-0.4, -0.2) is 65.8 Å².